The van der Waals surface area contributed by atoms with E-state index in [1.807, 2.05) is 6.08 Å². The third-order valence-corrected chi connectivity index (χ3v) is 6.46. The van der Waals surface area contributed by atoms with Crippen molar-refractivity contribution >= 4 is 12.0 Å². The Morgan fingerprint density at radius 3 is 2.44 bits per heavy atom. The second-order valence-corrected chi connectivity index (χ2v) is 9.58. The molecule has 2 aromatic rings. The first-order valence-electron chi connectivity index (χ1n) is 12.1. The summed E-state index contributed by atoms with van der Waals surface area (Å²) in [5, 5.41) is 22.9. The van der Waals surface area contributed by atoms with Gasteiger partial charge in [-0.1, -0.05) is 45.1 Å². The number of carbonyl (C=O) groups excluding carboxylic acids is 1. The normalized spacial score (nSPS) is 16.9. The van der Waals surface area contributed by atoms with Gasteiger partial charge in [0.2, 0.25) is 0 Å². The monoisotopic (exact) mass is 472 g/mol. The van der Waals surface area contributed by atoms with Crippen LogP contribution in [0.4, 0.5) is 4.39 Å². The zero-order chi connectivity index (χ0) is 24.8. The lowest BCUT2D eigenvalue weighted by atomic mass is 9.97. The molecule has 7 heteroatoms. The lowest BCUT2D eigenvalue weighted by Crippen LogP contribution is -2.41. The number of aliphatic hydroxyl groups excluding tert-OH is 2. The Balaban J connectivity index is 1.96. The molecule has 2 unspecified atom stereocenters. The van der Waals surface area contributed by atoms with E-state index in [-0.39, 0.29) is 24.6 Å². The number of hydrogen-bond acceptors (Lipinski definition) is 5. The summed E-state index contributed by atoms with van der Waals surface area (Å²) >= 11 is 0. The Kier molecular flexibility index (Phi) is 8.91. The first-order chi connectivity index (χ1) is 16.2. The molecule has 1 aliphatic rings. The van der Waals surface area contributed by atoms with Gasteiger partial charge in [-0.2, -0.15) is 0 Å². The molecule has 2 heterocycles. The molecule has 34 heavy (non-hydrogen) atoms. The van der Waals surface area contributed by atoms with Gasteiger partial charge in [0, 0.05) is 42.5 Å². The predicted octanol–water partition coefficient (Wildman–Crippen LogP) is 4.47. The van der Waals surface area contributed by atoms with E-state index in [2.05, 4.69) is 41.4 Å². The number of halogens is 1. The fourth-order valence-electron chi connectivity index (χ4n) is 4.50. The first-order valence-corrected chi connectivity index (χ1v) is 12.1. The van der Waals surface area contributed by atoms with Gasteiger partial charge in [0.1, 0.15) is 5.82 Å². The van der Waals surface area contributed by atoms with Crippen LogP contribution >= 0.6 is 0 Å². The van der Waals surface area contributed by atoms with Crippen LogP contribution in [0.1, 0.15) is 63.6 Å². The van der Waals surface area contributed by atoms with Crippen molar-refractivity contribution in [2.75, 3.05) is 25.2 Å². The van der Waals surface area contributed by atoms with Crippen molar-refractivity contribution in [3.8, 4) is 11.1 Å². The number of methoxy groups -OCH3 is 1. The molecule has 3 rings (SSSR count). The molecule has 0 aliphatic carbocycles. The largest absolute Gasteiger partial charge is 0.469 e. The second-order valence-electron chi connectivity index (χ2n) is 9.58. The Labute approximate surface area is 201 Å². The number of nitrogens with zero attached hydrogens (tertiary/aromatic N) is 2. The maximum Gasteiger partial charge on any atom is 0.308 e. The molecule has 0 bridgehead atoms. The summed E-state index contributed by atoms with van der Waals surface area (Å²) in [7, 11) is 1.27. The quantitative estimate of drug-likeness (QED) is 0.527. The van der Waals surface area contributed by atoms with Crippen LogP contribution in [-0.2, 0) is 9.53 Å². The van der Waals surface area contributed by atoms with Gasteiger partial charge < -0.3 is 20.0 Å². The third kappa shape index (κ3) is 6.48. The highest BCUT2D eigenvalue weighted by Crippen LogP contribution is 2.35. The van der Waals surface area contributed by atoms with Crippen molar-refractivity contribution in [3.05, 3.63) is 53.6 Å². The van der Waals surface area contributed by atoms with Crippen molar-refractivity contribution in [1.82, 2.24) is 4.68 Å². The average molecular weight is 473 g/mol. The molecule has 1 fully saturated rings. The molecule has 0 radical (unpaired) electrons. The number of esters is 1. The molecular weight excluding hydrogens is 435 g/mol. The standard InChI is InChI=1S/C27H37FN2O4/c1-18(2)27-24(10-9-22(31)15-23(32)16-26(33)34-4)25(20-5-7-21(28)8-6-20)17-30(27)29-13-11-19(3)12-14-29/h5-10,17-19,22-23,31-32H,11-16H2,1-4H3/b10-9+. The van der Waals surface area contributed by atoms with E-state index in [9.17, 15) is 19.4 Å². The van der Waals surface area contributed by atoms with Crippen LogP contribution in [0.15, 0.2) is 36.5 Å². The van der Waals surface area contributed by atoms with E-state index < -0.39 is 18.2 Å². The van der Waals surface area contributed by atoms with E-state index in [4.69, 9.17) is 0 Å². The van der Waals surface area contributed by atoms with Crippen molar-refractivity contribution in [2.24, 2.45) is 5.92 Å². The van der Waals surface area contributed by atoms with E-state index in [1.165, 1.54) is 19.2 Å². The highest BCUT2D eigenvalue weighted by molar-refractivity contribution is 5.77. The number of carbonyl (C=O) groups is 1. The molecule has 1 saturated heterocycles. The molecular formula is C27H37FN2O4. The lowest BCUT2D eigenvalue weighted by molar-refractivity contribution is -0.143. The number of aromatic nitrogens is 1. The molecule has 1 aromatic carbocycles. The van der Waals surface area contributed by atoms with Gasteiger partial charge in [0.25, 0.3) is 0 Å². The minimum absolute atomic E-state index is 0.0270. The zero-order valence-corrected chi connectivity index (χ0v) is 20.6. The Hall–Kier alpha value is -2.64. The van der Waals surface area contributed by atoms with Gasteiger partial charge in [-0.3, -0.25) is 9.47 Å². The molecule has 186 valence electrons. The second kappa shape index (κ2) is 11.7. The number of piperidine rings is 1. The highest BCUT2D eigenvalue weighted by Gasteiger charge is 2.24. The van der Waals surface area contributed by atoms with Crippen LogP contribution in [0.25, 0.3) is 17.2 Å². The van der Waals surface area contributed by atoms with Crippen molar-refractivity contribution < 1.29 is 24.1 Å². The molecule has 2 atom stereocenters. The smallest absolute Gasteiger partial charge is 0.308 e. The SMILES string of the molecule is COC(=O)CC(O)CC(O)/C=C/c1c(-c2ccc(F)cc2)cn(N2CCC(C)CC2)c1C(C)C. The molecule has 0 amide bonds. The maximum absolute atomic E-state index is 13.6. The number of hydrogen-bond donors (Lipinski definition) is 2. The summed E-state index contributed by atoms with van der Waals surface area (Å²) in [5.41, 5.74) is 3.93. The Bertz CT molecular complexity index is 975. The first kappa shape index (κ1) is 26.0. The fourth-order valence-corrected chi connectivity index (χ4v) is 4.50. The number of benzene rings is 1. The highest BCUT2D eigenvalue weighted by atomic mass is 19.1. The van der Waals surface area contributed by atoms with Crippen molar-refractivity contribution in [1.29, 1.82) is 0 Å². The van der Waals surface area contributed by atoms with Crippen LogP contribution in [-0.4, -0.2) is 53.3 Å². The van der Waals surface area contributed by atoms with E-state index >= 15 is 0 Å². The average Bonchev–Trinajstić information content (AvgIpc) is 3.18. The van der Waals surface area contributed by atoms with E-state index in [1.54, 1.807) is 18.2 Å². The summed E-state index contributed by atoms with van der Waals surface area (Å²) < 4.78 is 20.4. The van der Waals surface area contributed by atoms with Gasteiger partial charge in [-0.15, -0.1) is 0 Å². The van der Waals surface area contributed by atoms with E-state index in [0.717, 1.165) is 48.3 Å². The number of aliphatic hydroxyl groups is 2. The topological polar surface area (TPSA) is 74.9 Å². The summed E-state index contributed by atoms with van der Waals surface area (Å²) in [5.74, 6) is 0.105. The van der Waals surface area contributed by atoms with Crippen LogP contribution in [0.5, 0.6) is 0 Å². The van der Waals surface area contributed by atoms with Crippen molar-refractivity contribution in [3.63, 3.8) is 0 Å². The van der Waals surface area contributed by atoms with Crippen molar-refractivity contribution in [2.45, 2.75) is 64.6 Å². The minimum Gasteiger partial charge on any atom is -0.469 e. The van der Waals surface area contributed by atoms with Gasteiger partial charge in [-0.25, -0.2) is 4.39 Å². The van der Waals surface area contributed by atoms with Gasteiger partial charge in [0.15, 0.2) is 0 Å². The Morgan fingerprint density at radius 1 is 1.21 bits per heavy atom. The zero-order valence-electron chi connectivity index (χ0n) is 20.6. The summed E-state index contributed by atoms with van der Waals surface area (Å²) in [6, 6.07) is 6.45. The van der Waals surface area contributed by atoms with Crippen LogP contribution in [0.2, 0.25) is 0 Å². The summed E-state index contributed by atoms with van der Waals surface area (Å²) in [4.78, 5) is 11.4. The Morgan fingerprint density at radius 2 is 1.85 bits per heavy atom. The lowest BCUT2D eigenvalue weighted by Gasteiger charge is -2.35. The fraction of sp³-hybridized carbons (Fsp3) is 0.519. The third-order valence-electron chi connectivity index (χ3n) is 6.46. The summed E-state index contributed by atoms with van der Waals surface area (Å²) in [6.07, 6.45) is 5.84. The van der Waals surface area contributed by atoms with Gasteiger partial charge in [0.05, 0.1) is 25.7 Å². The molecule has 2 N–H and O–H groups in total. The molecule has 6 nitrogen and oxygen atoms in total. The molecule has 0 spiro atoms. The predicted molar refractivity (Wildman–Crippen MR) is 133 cm³/mol. The maximum atomic E-state index is 13.6. The van der Waals surface area contributed by atoms with E-state index in [0.29, 0.717) is 5.92 Å². The van der Waals surface area contributed by atoms with Crippen LogP contribution in [0, 0.1) is 11.7 Å². The summed E-state index contributed by atoms with van der Waals surface area (Å²) in [6.45, 7) is 8.49. The van der Waals surface area contributed by atoms with Gasteiger partial charge in [-0.05, 0) is 42.4 Å². The van der Waals surface area contributed by atoms with Crippen LogP contribution < -0.4 is 5.01 Å². The van der Waals surface area contributed by atoms with Crippen LogP contribution in [0.3, 0.4) is 0 Å². The minimum atomic E-state index is -0.992. The van der Waals surface area contributed by atoms with Gasteiger partial charge >= 0.3 is 5.97 Å². The number of rotatable bonds is 9. The molecule has 1 aromatic heterocycles. The molecule has 0 saturated carbocycles. The number of ether oxygens (including phenoxy) is 1. The molecule has 1 aliphatic heterocycles.